The topological polar surface area (TPSA) is 115 Å². The molecule has 0 spiro atoms. The molecule has 2 saturated heterocycles. The Morgan fingerprint density at radius 2 is 2.02 bits per heavy atom. The number of rotatable bonds is 10. The number of aromatic carboxylic acids is 1. The van der Waals surface area contributed by atoms with Crippen molar-refractivity contribution in [2.45, 2.75) is 64.1 Å². The first kappa shape index (κ1) is 28.0. The second kappa shape index (κ2) is 12.0. The van der Waals surface area contributed by atoms with Crippen LogP contribution in [0.15, 0.2) is 48.7 Å². The Labute approximate surface area is 241 Å². The summed E-state index contributed by atoms with van der Waals surface area (Å²) in [4.78, 5) is 27.4. The molecule has 0 radical (unpaired) electrons. The van der Waals surface area contributed by atoms with E-state index in [-0.39, 0.29) is 30.4 Å². The summed E-state index contributed by atoms with van der Waals surface area (Å²) in [6.45, 7) is 5.06. The van der Waals surface area contributed by atoms with Crippen LogP contribution < -0.4 is 10.1 Å². The van der Waals surface area contributed by atoms with Crippen LogP contribution in [0.4, 0.5) is 14.7 Å². The summed E-state index contributed by atoms with van der Waals surface area (Å²) < 4.78 is 41.1. The zero-order valence-corrected chi connectivity index (χ0v) is 23.2. The number of likely N-dealkylation sites (tertiary alicyclic amines) is 1. The zero-order valence-electron chi connectivity index (χ0n) is 23.2. The first-order chi connectivity index (χ1) is 20.3. The second-order valence-corrected chi connectivity index (χ2v) is 10.8. The van der Waals surface area contributed by atoms with Crippen LogP contribution >= 0.6 is 0 Å². The highest BCUT2D eigenvalue weighted by Gasteiger charge is 2.29. The standard InChI is InChI=1S/C30H32F2N6O4/c1-18-12-22(42-28-6-9-33-30(36-28)34-15-20-2-4-21(31)14-24(20)32)7-10-37(18)17-27-35-25-5-3-19(29(39)40)13-26(25)38(27)16-23-8-11-41-23/h2-6,9,13-14,18,22-23H,7-8,10-12,15-17H2,1H3,(H,39,40)(H,33,34,36)/t18-,22-,23-/m0/s1. The SMILES string of the molecule is C[C@H]1C[C@@H](Oc2ccnc(NCc3ccc(F)cc3F)n2)CCN1Cc1nc2ccc(C(=O)O)cc2n1C[C@@H]1CCO1. The van der Waals surface area contributed by atoms with Crippen LogP contribution in [0.5, 0.6) is 5.88 Å². The van der Waals surface area contributed by atoms with Gasteiger partial charge in [-0.3, -0.25) is 4.90 Å². The molecule has 4 aromatic rings. The number of nitrogens with one attached hydrogen (secondary N) is 1. The van der Waals surface area contributed by atoms with Crippen LogP contribution in [0.2, 0.25) is 0 Å². The smallest absolute Gasteiger partial charge is 0.335 e. The van der Waals surface area contributed by atoms with Crippen LogP contribution in [0.3, 0.4) is 0 Å². The molecule has 3 atom stereocenters. The monoisotopic (exact) mass is 578 g/mol. The van der Waals surface area contributed by atoms with Gasteiger partial charge in [0.2, 0.25) is 11.8 Å². The molecule has 6 rings (SSSR count). The van der Waals surface area contributed by atoms with Crippen molar-refractivity contribution in [2.24, 2.45) is 0 Å². The number of hydrogen-bond donors (Lipinski definition) is 2. The minimum absolute atomic E-state index is 0.0474. The average molecular weight is 579 g/mol. The first-order valence-electron chi connectivity index (χ1n) is 14.1. The van der Waals surface area contributed by atoms with Crippen molar-refractivity contribution in [3.63, 3.8) is 0 Å². The largest absolute Gasteiger partial charge is 0.478 e. The summed E-state index contributed by atoms with van der Waals surface area (Å²) in [6, 6.07) is 10.4. The third kappa shape index (κ3) is 6.19. The lowest BCUT2D eigenvalue weighted by Gasteiger charge is -2.37. The summed E-state index contributed by atoms with van der Waals surface area (Å²) in [7, 11) is 0. The fourth-order valence-electron chi connectivity index (χ4n) is 5.47. The lowest BCUT2D eigenvalue weighted by atomic mass is 10.0. The molecule has 0 saturated carbocycles. The predicted molar refractivity (Wildman–Crippen MR) is 150 cm³/mol. The molecule has 0 unspecified atom stereocenters. The number of piperidine rings is 1. The van der Waals surface area contributed by atoms with Crippen molar-refractivity contribution in [1.29, 1.82) is 0 Å². The van der Waals surface area contributed by atoms with Crippen LogP contribution in [0.1, 0.15) is 47.9 Å². The molecule has 2 aliphatic heterocycles. The van der Waals surface area contributed by atoms with Crippen molar-refractivity contribution >= 4 is 23.0 Å². The van der Waals surface area contributed by atoms with E-state index in [0.717, 1.165) is 55.3 Å². The Balaban J connectivity index is 1.09. The summed E-state index contributed by atoms with van der Waals surface area (Å²) in [5.41, 5.74) is 2.13. The van der Waals surface area contributed by atoms with Gasteiger partial charge < -0.3 is 24.5 Å². The van der Waals surface area contributed by atoms with Crippen molar-refractivity contribution in [2.75, 3.05) is 18.5 Å². The van der Waals surface area contributed by atoms with Crippen LogP contribution in [-0.2, 0) is 24.4 Å². The predicted octanol–water partition coefficient (Wildman–Crippen LogP) is 4.64. The number of benzene rings is 2. The quantitative estimate of drug-likeness (QED) is 0.278. The maximum Gasteiger partial charge on any atom is 0.335 e. The maximum absolute atomic E-state index is 14.0. The summed E-state index contributed by atoms with van der Waals surface area (Å²) in [5.74, 6) is -0.614. The molecule has 42 heavy (non-hydrogen) atoms. The van der Waals surface area contributed by atoms with Gasteiger partial charge in [-0.1, -0.05) is 6.07 Å². The Kier molecular flexibility index (Phi) is 7.98. The number of imidazole rings is 1. The van der Waals surface area contributed by atoms with Gasteiger partial charge in [-0.15, -0.1) is 0 Å². The number of ether oxygens (including phenoxy) is 2. The number of fused-ring (bicyclic) bond motifs is 1. The molecule has 10 nitrogen and oxygen atoms in total. The van der Waals surface area contributed by atoms with E-state index in [2.05, 4.69) is 31.7 Å². The van der Waals surface area contributed by atoms with Gasteiger partial charge in [-0.2, -0.15) is 4.98 Å². The molecular weight excluding hydrogens is 546 g/mol. The van der Waals surface area contributed by atoms with E-state index in [9.17, 15) is 18.7 Å². The number of carbonyl (C=O) groups is 1. The molecule has 2 aromatic heterocycles. The highest BCUT2D eigenvalue weighted by Crippen LogP contribution is 2.27. The number of hydrogen-bond acceptors (Lipinski definition) is 8. The lowest BCUT2D eigenvalue weighted by molar-refractivity contribution is -0.0593. The third-order valence-corrected chi connectivity index (χ3v) is 7.93. The van der Waals surface area contributed by atoms with Crippen molar-refractivity contribution in [3.05, 3.63) is 77.2 Å². The Hall–Kier alpha value is -4.16. The first-order valence-corrected chi connectivity index (χ1v) is 14.1. The van der Waals surface area contributed by atoms with Gasteiger partial charge in [0, 0.05) is 49.6 Å². The molecule has 12 heteroatoms. The van der Waals surface area contributed by atoms with Crippen molar-refractivity contribution < 1.29 is 28.2 Å². The van der Waals surface area contributed by atoms with Gasteiger partial charge >= 0.3 is 5.97 Å². The number of anilines is 1. The van der Waals surface area contributed by atoms with Gasteiger partial charge in [0.25, 0.3) is 0 Å². The number of nitrogens with zero attached hydrogens (tertiary/aromatic N) is 5. The minimum Gasteiger partial charge on any atom is -0.478 e. The van der Waals surface area contributed by atoms with Gasteiger partial charge in [-0.25, -0.2) is 23.5 Å². The fourth-order valence-corrected chi connectivity index (χ4v) is 5.47. The molecule has 4 heterocycles. The number of carboxylic acids is 1. The molecule has 0 aliphatic carbocycles. The number of halogens is 2. The molecule has 220 valence electrons. The van der Waals surface area contributed by atoms with Gasteiger partial charge in [-0.05, 0) is 50.5 Å². The lowest BCUT2D eigenvalue weighted by Crippen LogP contribution is -2.44. The van der Waals surface area contributed by atoms with E-state index < -0.39 is 17.6 Å². The van der Waals surface area contributed by atoms with Crippen molar-refractivity contribution in [3.8, 4) is 5.88 Å². The molecule has 2 aliphatic rings. The van der Waals surface area contributed by atoms with E-state index in [1.165, 1.54) is 12.1 Å². The molecule has 0 bridgehead atoms. The third-order valence-electron chi connectivity index (χ3n) is 7.93. The minimum atomic E-state index is -0.963. The van der Waals surface area contributed by atoms with E-state index >= 15 is 0 Å². The van der Waals surface area contributed by atoms with E-state index in [1.807, 2.05) is 0 Å². The number of carboxylic acid groups (broad SMARTS) is 1. The molecule has 2 fully saturated rings. The summed E-state index contributed by atoms with van der Waals surface area (Å²) >= 11 is 0. The Morgan fingerprint density at radius 1 is 1.17 bits per heavy atom. The van der Waals surface area contributed by atoms with Crippen LogP contribution in [-0.4, -0.2) is 66.9 Å². The zero-order chi connectivity index (χ0) is 29.2. The molecule has 2 aromatic carbocycles. The highest BCUT2D eigenvalue weighted by atomic mass is 19.1. The van der Waals surface area contributed by atoms with E-state index in [4.69, 9.17) is 14.5 Å². The maximum atomic E-state index is 14.0. The Bertz CT molecular complexity index is 1590. The van der Waals surface area contributed by atoms with Gasteiger partial charge in [0.05, 0.1) is 35.8 Å². The van der Waals surface area contributed by atoms with E-state index in [1.54, 1.807) is 30.5 Å². The average Bonchev–Trinajstić information content (AvgIpc) is 3.28. The molecule has 0 amide bonds. The summed E-state index contributed by atoms with van der Waals surface area (Å²) in [5, 5.41) is 12.5. The fraction of sp³-hybridized carbons (Fsp3) is 0.400. The van der Waals surface area contributed by atoms with Gasteiger partial charge in [0.15, 0.2) is 0 Å². The van der Waals surface area contributed by atoms with Gasteiger partial charge in [0.1, 0.15) is 23.6 Å². The molecular formula is C30H32F2N6O4. The van der Waals surface area contributed by atoms with Crippen LogP contribution in [0.25, 0.3) is 11.0 Å². The van der Waals surface area contributed by atoms with Crippen LogP contribution in [0, 0.1) is 11.6 Å². The number of aromatic nitrogens is 4. The van der Waals surface area contributed by atoms with E-state index in [0.29, 0.717) is 30.5 Å². The molecule has 2 N–H and O–H groups in total. The summed E-state index contributed by atoms with van der Waals surface area (Å²) in [6.07, 6.45) is 4.17. The normalized spacial score (nSPS) is 20.8. The Morgan fingerprint density at radius 3 is 2.76 bits per heavy atom. The van der Waals surface area contributed by atoms with Crippen molar-refractivity contribution in [1.82, 2.24) is 24.4 Å². The second-order valence-electron chi connectivity index (χ2n) is 10.8. The highest BCUT2D eigenvalue weighted by molar-refractivity contribution is 5.92.